The molecule has 0 fully saturated rings. The summed E-state index contributed by atoms with van der Waals surface area (Å²) in [5, 5.41) is 5.62. The lowest BCUT2D eigenvalue weighted by Gasteiger charge is -2.14. The molecule has 0 aliphatic heterocycles. The number of hydrogen-bond acceptors (Lipinski definition) is 4. The number of benzene rings is 1. The van der Waals surface area contributed by atoms with Crippen molar-refractivity contribution in [3.63, 3.8) is 0 Å². The second-order valence-electron chi connectivity index (χ2n) is 4.29. The average molecular weight is 294 g/mol. The molecule has 0 spiro atoms. The minimum Gasteiger partial charge on any atom is -0.481 e. The Morgan fingerprint density at radius 3 is 2.75 bits per heavy atom. The number of thiazole rings is 1. The number of aromatic nitrogens is 1. The first-order chi connectivity index (χ1) is 9.54. The molecule has 1 aromatic carbocycles. The van der Waals surface area contributed by atoms with Gasteiger partial charge in [-0.25, -0.2) is 9.37 Å². The molecule has 0 unspecified atom stereocenters. The Morgan fingerprint density at radius 1 is 1.45 bits per heavy atom. The summed E-state index contributed by atoms with van der Waals surface area (Å²) in [6.45, 7) is 3.93. The lowest BCUT2D eigenvalue weighted by Crippen LogP contribution is -2.35. The summed E-state index contributed by atoms with van der Waals surface area (Å²) in [4.78, 5) is 16.1. The van der Waals surface area contributed by atoms with E-state index in [1.165, 1.54) is 35.6 Å². The van der Waals surface area contributed by atoms with Gasteiger partial charge in [0.05, 0.1) is 17.2 Å². The molecule has 4 nitrogen and oxygen atoms in total. The number of hydrogen-bond donors (Lipinski definition) is 1. The Hall–Kier alpha value is -1.95. The Kier molecular flexibility index (Phi) is 4.68. The first kappa shape index (κ1) is 14.5. The quantitative estimate of drug-likeness (QED) is 0.922. The zero-order valence-corrected chi connectivity index (χ0v) is 12.0. The predicted molar refractivity (Wildman–Crippen MR) is 75.2 cm³/mol. The van der Waals surface area contributed by atoms with E-state index in [1.807, 2.05) is 12.3 Å². The number of nitrogens with one attached hydrogen (secondary N) is 1. The molecular weight excluding hydrogens is 279 g/mol. The highest BCUT2D eigenvalue weighted by atomic mass is 32.1. The van der Waals surface area contributed by atoms with E-state index in [2.05, 4.69) is 10.3 Å². The van der Waals surface area contributed by atoms with Crippen molar-refractivity contribution in [1.29, 1.82) is 0 Å². The summed E-state index contributed by atoms with van der Waals surface area (Å²) < 4.78 is 18.2. The number of carbonyl (C=O) groups excluding carboxylic acids is 1. The fraction of sp³-hybridized carbons (Fsp3) is 0.286. The molecule has 1 aromatic heterocycles. The van der Waals surface area contributed by atoms with Gasteiger partial charge in [-0.05, 0) is 38.1 Å². The van der Waals surface area contributed by atoms with Gasteiger partial charge in [-0.3, -0.25) is 4.79 Å². The van der Waals surface area contributed by atoms with Crippen LogP contribution in [0.4, 0.5) is 4.39 Å². The van der Waals surface area contributed by atoms with Gasteiger partial charge in [-0.1, -0.05) is 0 Å². The van der Waals surface area contributed by atoms with E-state index in [4.69, 9.17) is 4.74 Å². The maximum atomic E-state index is 12.8. The first-order valence-electron chi connectivity index (χ1n) is 6.15. The lowest BCUT2D eigenvalue weighted by atomic mass is 10.3. The number of rotatable bonds is 5. The van der Waals surface area contributed by atoms with Gasteiger partial charge in [0, 0.05) is 5.38 Å². The van der Waals surface area contributed by atoms with Crippen molar-refractivity contribution in [3.8, 4) is 5.75 Å². The van der Waals surface area contributed by atoms with E-state index < -0.39 is 6.10 Å². The molecule has 0 saturated carbocycles. The van der Waals surface area contributed by atoms with Crippen molar-refractivity contribution in [2.24, 2.45) is 0 Å². The number of aryl methyl sites for hydroxylation is 1. The van der Waals surface area contributed by atoms with E-state index in [0.717, 1.165) is 10.7 Å². The van der Waals surface area contributed by atoms with Crippen molar-refractivity contribution in [1.82, 2.24) is 10.3 Å². The monoisotopic (exact) mass is 294 g/mol. The molecule has 0 saturated heterocycles. The molecule has 0 aliphatic carbocycles. The largest absolute Gasteiger partial charge is 0.481 e. The molecule has 1 atom stereocenters. The maximum Gasteiger partial charge on any atom is 0.261 e. The molecule has 20 heavy (non-hydrogen) atoms. The third kappa shape index (κ3) is 4.03. The predicted octanol–water partition coefficient (Wildman–Crippen LogP) is 2.67. The number of amides is 1. The molecule has 0 aliphatic rings. The number of halogens is 1. The highest BCUT2D eigenvalue weighted by molar-refractivity contribution is 7.09. The van der Waals surface area contributed by atoms with Crippen LogP contribution in [0.5, 0.6) is 5.75 Å². The zero-order valence-electron chi connectivity index (χ0n) is 11.2. The normalized spacial score (nSPS) is 11.9. The van der Waals surface area contributed by atoms with Crippen LogP contribution in [0.15, 0.2) is 29.6 Å². The van der Waals surface area contributed by atoms with Crippen molar-refractivity contribution in [3.05, 3.63) is 46.2 Å². The van der Waals surface area contributed by atoms with E-state index in [1.54, 1.807) is 6.92 Å². The van der Waals surface area contributed by atoms with Crippen LogP contribution in [0.3, 0.4) is 0 Å². The van der Waals surface area contributed by atoms with E-state index in [0.29, 0.717) is 12.3 Å². The average Bonchev–Trinajstić information content (AvgIpc) is 2.84. The van der Waals surface area contributed by atoms with Gasteiger partial charge in [-0.2, -0.15) is 0 Å². The van der Waals surface area contributed by atoms with Crippen LogP contribution < -0.4 is 10.1 Å². The van der Waals surface area contributed by atoms with Crippen molar-refractivity contribution in [2.45, 2.75) is 26.5 Å². The molecule has 1 N–H and O–H groups in total. The summed E-state index contributed by atoms with van der Waals surface area (Å²) in [6, 6.07) is 5.56. The molecule has 2 rings (SSSR count). The summed E-state index contributed by atoms with van der Waals surface area (Å²) >= 11 is 1.54. The highest BCUT2D eigenvalue weighted by Crippen LogP contribution is 2.13. The van der Waals surface area contributed by atoms with Crippen LogP contribution >= 0.6 is 11.3 Å². The summed E-state index contributed by atoms with van der Waals surface area (Å²) in [6.07, 6.45) is -0.653. The van der Waals surface area contributed by atoms with Gasteiger partial charge in [0.25, 0.3) is 5.91 Å². The molecule has 0 radical (unpaired) electrons. The number of nitrogens with zero attached hydrogens (tertiary/aromatic N) is 1. The molecule has 2 aromatic rings. The molecule has 6 heteroatoms. The smallest absolute Gasteiger partial charge is 0.261 e. The summed E-state index contributed by atoms with van der Waals surface area (Å²) in [7, 11) is 0. The first-order valence-corrected chi connectivity index (χ1v) is 7.03. The van der Waals surface area contributed by atoms with Gasteiger partial charge in [-0.15, -0.1) is 11.3 Å². The highest BCUT2D eigenvalue weighted by Gasteiger charge is 2.14. The minimum atomic E-state index is -0.653. The third-order valence-corrected chi connectivity index (χ3v) is 3.43. The zero-order chi connectivity index (χ0) is 14.5. The van der Waals surface area contributed by atoms with Crippen LogP contribution in [-0.2, 0) is 11.3 Å². The Balaban J connectivity index is 1.84. The van der Waals surface area contributed by atoms with Crippen LogP contribution in [0.25, 0.3) is 0 Å². The van der Waals surface area contributed by atoms with Crippen molar-refractivity contribution in [2.75, 3.05) is 0 Å². The molecular formula is C14H15FN2O2S. The van der Waals surface area contributed by atoms with Crippen molar-refractivity contribution < 1.29 is 13.9 Å². The minimum absolute atomic E-state index is 0.236. The Bertz CT molecular complexity index is 583. The van der Waals surface area contributed by atoms with Gasteiger partial charge >= 0.3 is 0 Å². The second-order valence-corrected chi connectivity index (χ2v) is 5.35. The fourth-order valence-corrected chi connectivity index (χ4v) is 2.19. The van der Waals surface area contributed by atoms with Gasteiger partial charge in [0.15, 0.2) is 6.10 Å². The van der Waals surface area contributed by atoms with Gasteiger partial charge < -0.3 is 10.1 Å². The lowest BCUT2D eigenvalue weighted by molar-refractivity contribution is -0.127. The summed E-state index contributed by atoms with van der Waals surface area (Å²) in [5.74, 6) is -0.119. The van der Waals surface area contributed by atoms with Crippen molar-refractivity contribution >= 4 is 17.2 Å². The third-order valence-electron chi connectivity index (χ3n) is 2.61. The van der Waals surface area contributed by atoms with Crippen LogP contribution in [0.2, 0.25) is 0 Å². The van der Waals surface area contributed by atoms with Crippen LogP contribution in [-0.4, -0.2) is 17.0 Å². The van der Waals surface area contributed by atoms with E-state index in [-0.39, 0.29) is 11.7 Å². The SMILES string of the molecule is Cc1nc(CNC(=O)[C@@H](C)Oc2ccc(F)cc2)cs1. The van der Waals surface area contributed by atoms with Gasteiger partial charge in [0.1, 0.15) is 11.6 Å². The van der Waals surface area contributed by atoms with E-state index in [9.17, 15) is 9.18 Å². The topological polar surface area (TPSA) is 51.2 Å². The van der Waals surface area contributed by atoms with E-state index >= 15 is 0 Å². The molecule has 0 bridgehead atoms. The Morgan fingerprint density at radius 2 is 2.15 bits per heavy atom. The van der Waals surface area contributed by atoms with Crippen LogP contribution in [0, 0.1) is 12.7 Å². The van der Waals surface area contributed by atoms with Crippen LogP contribution in [0.1, 0.15) is 17.6 Å². The summed E-state index contributed by atoms with van der Waals surface area (Å²) in [5.41, 5.74) is 0.829. The fourth-order valence-electron chi connectivity index (χ4n) is 1.58. The number of ether oxygens (including phenoxy) is 1. The number of carbonyl (C=O) groups is 1. The molecule has 1 amide bonds. The Labute approximate surface area is 120 Å². The standard InChI is InChI=1S/C14H15FN2O2S/c1-9(19-13-5-3-11(15)4-6-13)14(18)16-7-12-8-20-10(2)17-12/h3-6,8-9H,7H2,1-2H3,(H,16,18)/t9-/m1/s1. The maximum absolute atomic E-state index is 12.8. The molecule has 106 valence electrons. The molecule has 1 heterocycles. The second kappa shape index (κ2) is 6.47. The van der Waals surface area contributed by atoms with Gasteiger partial charge in [0.2, 0.25) is 0 Å².